The third-order valence-electron chi connectivity index (χ3n) is 3.40. The summed E-state index contributed by atoms with van der Waals surface area (Å²) < 4.78 is 5.31. The first kappa shape index (κ1) is 12.9. The molecule has 0 amide bonds. The Hall–Kier alpha value is -1.51. The highest BCUT2D eigenvalue weighted by Crippen LogP contribution is 2.26. The van der Waals surface area contributed by atoms with E-state index in [1.165, 1.54) is 0 Å². The maximum Gasteiger partial charge on any atom is 0.193 e. The third kappa shape index (κ3) is 2.35. The van der Waals surface area contributed by atoms with Crippen LogP contribution in [0.1, 0.15) is 50.2 Å². The minimum atomic E-state index is 0.122. The fraction of sp³-hybridized carbons (Fsp3) is 0.533. The van der Waals surface area contributed by atoms with Crippen molar-refractivity contribution in [1.29, 1.82) is 0 Å². The van der Waals surface area contributed by atoms with Crippen LogP contribution in [-0.4, -0.2) is 22.8 Å². The lowest BCUT2D eigenvalue weighted by atomic mass is 9.92. The van der Waals surface area contributed by atoms with Gasteiger partial charge in [-0.1, -0.05) is 0 Å². The van der Waals surface area contributed by atoms with Crippen LogP contribution in [0.4, 0.5) is 0 Å². The average Bonchev–Trinajstić information content (AvgIpc) is 2.76. The van der Waals surface area contributed by atoms with E-state index in [4.69, 9.17) is 4.42 Å². The fourth-order valence-electron chi connectivity index (χ4n) is 2.47. The van der Waals surface area contributed by atoms with E-state index in [0.29, 0.717) is 12.1 Å². The molecule has 98 valence electrons. The zero-order valence-corrected chi connectivity index (χ0v) is 11.6. The van der Waals surface area contributed by atoms with Gasteiger partial charge in [0.05, 0.1) is 11.8 Å². The molecule has 0 saturated heterocycles. The minimum absolute atomic E-state index is 0.122. The number of Topliss-reactive ketones (excluding diaryl/α,β-unsaturated/α-hetero) is 1. The number of aryl methyl sites for hydroxylation is 1. The second-order valence-corrected chi connectivity index (χ2v) is 5.38. The molecule has 1 aromatic heterocycles. The van der Waals surface area contributed by atoms with Gasteiger partial charge in [0, 0.05) is 30.3 Å². The van der Waals surface area contributed by atoms with Gasteiger partial charge in [-0.25, -0.2) is 0 Å². The number of nitrogens with zero attached hydrogens (tertiary/aromatic N) is 1. The van der Waals surface area contributed by atoms with Crippen molar-refractivity contribution in [3.8, 4) is 0 Å². The molecule has 0 N–H and O–H groups in total. The summed E-state index contributed by atoms with van der Waals surface area (Å²) in [6.07, 6.45) is 5.24. The van der Waals surface area contributed by atoms with E-state index >= 15 is 0 Å². The van der Waals surface area contributed by atoms with E-state index in [1.54, 1.807) is 12.3 Å². The normalized spacial score (nSPS) is 17.7. The van der Waals surface area contributed by atoms with Gasteiger partial charge in [-0.15, -0.1) is 0 Å². The summed E-state index contributed by atoms with van der Waals surface area (Å²) in [6, 6.07) is 2.58. The van der Waals surface area contributed by atoms with Gasteiger partial charge in [0.1, 0.15) is 5.76 Å². The van der Waals surface area contributed by atoms with Gasteiger partial charge in [0.15, 0.2) is 5.78 Å². The lowest BCUT2D eigenvalue weighted by Crippen LogP contribution is -2.33. The van der Waals surface area contributed by atoms with Gasteiger partial charge >= 0.3 is 0 Å². The van der Waals surface area contributed by atoms with Crippen molar-refractivity contribution in [3.05, 3.63) is 35.4 Å². The van der Waals surface area contributed by atoms with E-state index in [2.05, 4.69) is 32.6 Å². The number of rotatable bonds is 3. The molecule has 18 heavy (non-hydrogen) atoms. The van der Waals surface area contributed by atoms with Crippen molar-refractivity contribution < 1.29 is 9.21 Å². The van der Waals surface area contributed by atoms with Gasteiger partial charge < -0.3 is 9.32 Å². The molecule has 3 nitrogen and oxygen atoms in total. The second kappa shape index (κ2) is 5.01. The summed E-state index contributed by atoms with van der Waals surface area (Å²) >= 11 is 0. The standard InChI is InChI=1S/C15H21NO2/c1-10(2)16(11(3)4)9-12-5-6-14-13(15(12)17)7-8-18-14/h7-11H,5-6H2,1-4H3/b12-9+. The Balaban J connectivity index is 2.27. The summed E-state index contributed by atoms with van der Waals surface area (Å²) in [5.74, 6) is 0.953. The molecule has 1 aliphatic rings. The lowest BCUT2D eigenvalue weighted by Gasteiger charge is -2.30. The predicted octanol–water partition coefficient (Wildman–Crippen LogP) is 3.41. The lowest BCUT2D eigenvalue weighted by molar-refractivity contribution is 0.101. The van der Waals surface area contributed by atoms with Crippen LogP contribution in [-0.2, 0) is 6.42 Å². The SMILES string of the molecule is CC(C)N(/C=C1\CCc2occc2C1=O)C(C)C. The molecule has 0 radical (unpaired) electrons. The van der Waals surface area contributed by atoms with Gasteiger partial charge in [0.25, 0.3) is 0 Å². The summed E-state index contributed by atoms with van der Waals surface area (Å²) in [4.78, 5) is 14.5. The largest absolute Gasteiger partial charge is 0.469 e. The Morgan fingerprint density at radius 3 is 2.50 bits per heavy atom. The zero-order chi connectivity index (χ0) is 13.3. The van der Waals surface area contributed by atoms with Crippen LogP contribution in [0.25, 0.3) is 0 Å². The fourth-order valence-corrected chi connectivity index (χ4v) is 2.47. The van der Waals surface area contributed by atoms with Crippen molar-refractivity contribution in [2.24, 2.45) is 0 Å². The van der Waals surface area contributed by atoms with Crippen LogP contribution >= 0.6 is 0 Å². The first-order chi connectivity index (χ1) is 8.50. The highest BCUT2D eigenvalue weighted by atomic mass is 16.3. The van der Waals surface area contributed by atoms with E-state index in [1.807, 2.05) is 6.20 Å². The summed E-state index contributed by atoms with van der Waals surface area (Å²) in [5.41, 5.74) is 1.63. The number of carbonyl (C=O) groups is 1. The molecule has 0 bridgehead atoms. The minimum Gasteiger partial charge on any atom is -0.469 e. The van der Waals surface area contributed by atoms with E-state index in [-0.39, 0.29) is 5.78 Å². The van der Waals surface area contributed by atoms with Crippen LogP contribution in [0.3, 0.4) is 0 Å². The van der Waals surface area contributed by atoms with Crippen LogP contribution < -0.4 is 0 Å². The zero-order valence-electron chi connectivity index (χ0n) is 11.6. The molecule has 0 spiro atoms. The molecule has 2 rings (SSSR count). The van der Waals surface area contributed by atoms with Gasteiger partial charge in [0.2, 0.25) is 0 Å². The van der Waals surface area contributed by atoms with Crippen LogP contribution in [0.15, 0.2) is 28.5 Å². The van der Waals surface area contributed by atoms with E-state index in [9.17, 15) is 4.79 Å². The molecule has 0 saturated carbocycles. The Morgan fingerprint density at radius 2 is 1.89 bits per heavy atom. The predicted molar refractivity (Wildman–Crippen MR) is 71.6 cm³/mol. The number of hydrogen-bond donors (Lipinski definition) is 0. The van der Waals surface area contributed by atoms with E-state index in [0.717, 1.165) is 29.7 Å². The number of ketones is 1. The molecule has 1 aliphatic carbocycles. The molecule has 0 aromatic carbocycles. The third-order valence-corrected chi connectivity index (χ3v) is 3.40. The molecular formula is C15H21NO2. The molecule has 0 fully saturated rings. The van der Waals surface area contributed by atoms with Crippen molar-refractivity contribution in [2.45, 2.75) is 52.6 Å². The number of allylic oxidation sites excluding steroid dienone is 1. The van der Waals surface area contributed by atoms with Gasteiger partial charge in [-0.3, -0.25) is 4.79 Å². The molecule has 1 aromatic rings. The quantitative estimate of drug-likeness (QED) is 0.767. The van der Waals surface area contributed by atoms with Gasteiger partial charge in [-0.2, -0.15) is 0 Å². The Morgan fingerprint density at radius 1 is 1.22 bits per heavy atom. The van der Waals surface area contributed by atoms with Crippen molar-refractivity contribution >= 4 is 5.78 Å². The van der Waals surface area contributed by atoms with Crippen LogP contribution in [0.2, 0.25) is 0 Å². The van der Waals surface area contributed by atoms with Crippen molar-refractivity contribution in [3.63, 3.8) is 0 Å². The van der Waals surface area contributed by atoms with Gasteiger partial charge in [-0.05, 0) is 40.2 Å². The molecule has 0 unspecified atom stereocenters. The first-order valence-corrected chi connectivity index (χ1v) is 6.60. The average molecular weight is 247 g/mol. The molecule has 0 aliphatic heterocycles. The highest BCUT2D eigenvalue weighted by molar-refractivity contribution is 6.10. The Kier molecular flexibility index (Phi) is 3.60. The topological polar surface area (TPSA) is 33.5 Å². The summed E-state index contributed by atoms with van der Waals surface area (Å²) in [7, 11) is 0. The summed E-state index contributed by atoms with van der Waals surface area (Å²) in [5, 5.41) is 0. The number of hydrogen-bond acceptors (Lipinski definition) is 3. The second-order valence-electron chi connectivity index (χ2n) is 5.38. The smallest absolute Gasteiger partial charge is 0.193 e. The van der Waals surface area contributed by atoms with Crippen molar-refractivity contribution in [2.75, 3.05) is 0 Å². The first-order valence-electron chi connectivity index (χ1n) is 6.60. The maximum atomic E-state index is 12.3. The maximum absolute atomic E-state index is 12.3. The number of furan rings is 1. The molecule has 1 heterocycles. The molecule has 3 heteroatoms. The monoisotopic (exact) mass is 247 g/mol. The number of fused-ring (bicyclic) bond motifs is 1. The van der Waals surface area contributed by atoms with Crippen LogP contribution in [0, 0.1) is 0 Å². The highest BCUT2D eigenvalue weighted by Gasteiger charge is 2.25. The molecular weight excluding hydrogens is 226 g/mol. The Bertz CT molecular complexity index is 461. The molecule has 0 atom stereocenters. The number of carbonyl (C=O) groups excluding carboxylic acids is 1. The van der Waals surface area contributed by atoms with Crippen LogP contribution in [0.5, 0.6) is 0 Å². The van der Waals surface area contributed by atoms with Crippen molar-refractivity contribution in [1.82, 2.24) is 4.90 Å². The van der Waals surface area contributed by atoms with E-state index < -0.39 is 0 Å². The summed E-state index contributed by atoms with van der Waals surface area (Å²) in [6.45, 7) is 8.59. The Labute approximate surface area is 108 Å².